The number of halogens is 2. The number of hydrogen-bond donors (Lipinski definition) is 3. The second kappa shape index (κ2) is 14.8. The van der Waals surface area contributed by atoms with Crippen LogP contribution in [0.15, 0.2) is 96.3 Å². The third-order valence-corrected chi connectivity index (χ3v) is 10.5. The summed E-state index contributed by atoms with van der Waals surface area (Å²) in [6.07, 6.45) is 8.21. The van der Waals surface area contributed by atoms with E-state index in [4.69, 9.17) is 19.5 Å². The zero-order valence-electron chi connectivity index (χ0n) is 29.7. The third-order valence-electron chi connectivity index (χ3n) is 9.19. The van der Waals surface area contributed by atoms with E-state index < -0.39 is 39.0 Å². The number of sulfonamides is 1. The van der Waals surface area contributed by atoms with Crippen molar-refractivity contribution in [3.8, 4) is 22.8 Å². The average molecular weight is 757 g/mol. The number of allylic oxidation sites excluding steroid dienone is 1. The maximum Gasteiger partial charge on any atom is 0.259 e. The van der Waals surface area contributed by atoms with Crippen LogP contribution in [0.4, 0.5) is 25.8 Å². The van der Waals surface area contributed by atoms with Crippen LogP contribution in [0.3, 0.4) is 0 Å². The Bertz CT molecular complexity index is 2370. The number of nitrogens with zero attached hydrogens (tertiary/aromatic N) is 5. The third kappa shape index (κ3) is 7.04. The molecule has 0 saturated carbocycles. The zero-order chi connectivity index (χ0) is 38.0. The average Bonchev–Trinajstić information content (AvgIpc) is 3.57. The van der Waals surface area contributed by atoms with E-state index in [1.807, 2.05) is 47.0 Å². The van der Waals surface area contributed by atoms with Crippen molar-refractivity contribution in [1.82, 2.24) is 19.0 Å². The molecule has 3 N–H and O–H groups in total. The molecule has 1 amide bonds. The lowest BCUT2D eigenvalue weighted by Crippen LogP contribution is -2.48. The number of rotatable bonds is 11. The number of benzene rings is 3. The van der Waals surface area contributed by atoms with Crippen LogP contribution in [0.25, 0.3) is 16.9 Å². The number of carbonyl (C=O) groups excluding carboxylic acids is 1. The topological polar surface area (TPSA) is 142 Å². The van der Waals surface area contributed by atoms with Crippen LogP contribution in [0.2, 0.25) is 0 Å². The Morgan fingerprint density at radius 2 is 1.76 bits per heavy atom. The number of pyridine rings is 1. The van der Waals surface area contributed by atoms with E-state index in [0.717, 1.165) is 17.8 Å². The van der Waals surface area contributed by atoms with E-state index in [0.29, 0.717) is 60.2 Å². The van der Waals surface area contributed by atoms with Crippen LogP contribution in [0.1, 0.15) is 23.0 Å². The summed E-state index contributed by atoms with van der Waals surface area (Å²) in [5, 5.41) is 9.30. The standard InChI is InChI=1S/C38H38F2N8O5S/c1-4-53-31-15-12-25(23-27(31)37(49)44-35-28(39)9-7-10-29(35)40)34-36(48-18-6-5-11-33(48)43-34)38(41-16-8-17-42-38)45-30-14-13-26(24-32(30)52-2)46-19-21-47(22-20-46)54(3,50)51/h5-18,23-24,41,45H,4,19-22H2,1-3H3,(H,44,49). The molecular weight excluding hydrogens is 719 g/mol. The fourth-order valence-electron chi connectivity index (χ4n) is 6.59. The molecule has 3 aromatic carbocycles. The Morgan fingerprint density at radius 3 is 2.44 bits per heavy atom. The maximum absolute atomic E-state index is 14.6. The van der Waals surface area contributed by atoms with Gasteiger partial charge in [0.15, 0.2) is 0 Å². The van der Waals surface area contributed by atoms with Gasteiger partial charge in [0, 0.05) is 62.1 Å². The number of aliphatic imine (C=N–C) groups is 1. The number of methoxy groups -OCH3 is 1. The molecule has 0 spiro atoms. The van der Waals surface area contributed by atoms with Crippen LogP contribution in [0.5, 0.6) is 11.5 Å². The molecule has 5 aromatic rings. The van der Waals surface area contributed by atoms with Crippen LogP contribution >= 0.6 is 0 Å². The van der Waals surface area contributed by atoms with Crippen LogP contribution in [-0.4, -0.2) is 80.4 Å². The van der Waals surface area contributed by atoms with Gasteiger partial charge < -0.3 is 30.3 Å². The number of anilines is 3. The molecule has 1 saturated heterocycles. The number of nitrogens with one attached hydrogen (secondary N) is 3. The number of aromatic nitrogens is 2. The van der Waals surface area contributed by atoms with Crippen molar-refractivity contribution in [2.75, 3.05) is 61.7 Å². The van der Waals surface area contributed by atoms with E-state index in [-0.39, 0.29) is 17.9 Å². The van der Waals surface area contributed by atoms with Crippen molar-refractivity contribution in [1.29, 1.82) is 0 Å². The SMILES string of the molecule is CCOc1ccc(-c2nc3ccccn3c2C2(Nc3ccc(N4CCN(S(C)(=O)=O)CC4)cc3OC)N=CC=CN2)cc1C(=O)Nc1c(F)cccc1F. The van der Waals surface area contributed by atoms with E-state index in [9.17, 15) is 22.0 Å². The Hall–Kier alpha value is -6.00. The Labute approximate surface area is 311 Å². The van der Waals surface area contributed by atoms with E-state index in [2.05, 4.69) is 20.9 Å². The first-order valence-corrected chi connectivity index (χ1v) is 19.0. The van der Waals surface area contributed by atoms with E-state index in [1.165, 1.54) is 16.6 Å². The Balaban J connectivity index is 1.30. The van der Waals surface area contributed by atoms with Gasteiger partial charge in [-0.15, -0.1) is 0 Å². The first-order valence-electron chi connectivity index (χ1n) is 17.2. The molecule has 280 valence electrons. The van der Waals surface area contributed by atoms with E-state index in [1.54, 1.807) is 50.7 Å². The number of ether oxygens (including phenoxy) is 2. The van der Waals surface area contributed by atoms with Gasteiger partial charge in [-0.25, -0.2) is 27.2 Å². The highest BCUT2D eigenvalue weighted by atomic mass is 32.2. The summed E-state index contributed by atoms with van der Waals surface area (Å²) in [4.78, 5) is 25.7. The predicted octanol–water partition coefficient (Wildman–Crippen LogP) is 5.43. The van der Waals surface area contributed by atoms with Gasteiger partial charge in [-0.05, 0) is 67.6 Å². The second-order valence-corrected chi connectivity index (χ2v) is 14.6. The smallest absolute Gasteiger partial charge is 0.259 e. The number of para-hydroxylation sites is 1. The van der Waals surface area contributed by atoms with Crippen molar-refractivity contribution < 1.29 is 31.5 Å². The number of piperazine rings is 1. The van der Waals surface area contributed by atoms with Gasteiger partial charge in [-0.3, -0.25) is 9.20 Å². The number of amides is 1. The summed E-state index contributed by atoms with van der Waals surface area (Å²) in [6, 6.07) is 19.5. The van der Waals surface area contributed by atoms with Gasteiger partial charge in [0.05, 0.1) is 36.9 Å². The van der Waals surface area contributed by atoms with Crippen molar-refractivity contribution >= 4 is 44.9 Å². The molecule has 1 unspecified atom stereocenters. The molecule has 2 aliphatic rings. The zero-order valence-corrected chi connectivity index (χ0v) is 30.5. The van der Waals surface area contributed by atoms with Gasteiger partial charge >= 0.3 is 0 Å². The number of imidazole rings is 1. The summed E-state index contributed by atoms with van der Waals surface area (Å²) in [7, 11) is -1.71. The van der Waals surface area contributed by atoms with Gasteiger partial charge in [0.25, 0.3) is 5.91 Å². The molecule has 1 fully saturated rings. The molecule has 13 nitrogen and oxygen atoms in total. The molecule has 54 heavy (non-hydrogen) atoms. The van der Waals surface area contributed by atoms with Crippen LogP contribution in [0, 0.1) is 11.6 Å². The molecule has 0 radical (unpaired) electrons. The molecule has 16 heteroatoms. The predicted molar refractivity (Wildman–Crippen MR) is 204 cm³/mol. The number of carbonyl (C=O) groups is 1. The first-order chi connectivity index (χ1) is 26.0. The normalized spacial score (nSPS) is 17.3. The van der Waals surface area contributed by atoms with Crippen molar-refractivity contribution in [2.24, 2.45) is 4.99 Å². The number of fused-ring (bicyclic) bond motifs is 1. The minimum atomic E-state index is -3.28. The summed E-state index contributed by atoms with van der Waals surface area (Å²) in [5.74, 6) is -3.26. The molecule has 4 heterocycles. The molecule has 0 aliphatic carbocycles. The monoisotopic (exact) mass is 756 g/mol. The number of hydrogen-bond acceptors (Lipinski definition) is 10. The highest BCUT2D eigenvalue weighted by molar-refractivity contribution is 7.88. The van der Waals surface area contributed by atoms with Crippen LogP contribution < -0.4 is 30.3 Å². The van der Waals surface area contributed by atoms with Crippen molar-refractivity contribution in [3.05, 3.63) is 114 Å². The largest absolute Gasteiger partial charge is 0.495 e. The summed E-state index contributed by atoms with van der Waals surface area (Å²) in [5.41, 5.74) is 3.00. The first kappa shape index (κ1) is 36.4. The second-order valence-electron chi connectivity index (χ2n) is 12.6. The fourth-order valence-corrected chi connectivity index (χ4v) is 7.42. The van der Waals surface area contributed by atoms with Gasteiger partial charge in [0.1, 0.15) is 40.2 Å². The van der Waals surface area contributed by atoms with E-state index >= 15 is 0 Å². The quantitative estimate of drug-likeness (QED) is 0.161. The summed E-state index contributed by atoms with van der Waals surface area (Å²) in [6.45, 7) is 3.80. The van der Waals surface area contributed by atoms with Crippen molar-refractivity contribution in [2.45, 2.75) is 12.7 Å². The Kier molecular flexibility index (Phi) is 9.96. The molecule has 2 aromatic heterocycles. The van der Waals surface area contributed by atoms with Gasteiger partial charge in [-0.2, -0.15) is 4.31 Å². The van der Waals surface area contributed by atoms with Gasteiger partial charge in [0.2, 0.25) is 15.8 Å². The molecule has 1 atom stereocenters. The fraction of sp³-hybridized carbons (Fsp3) is 0.237. The summed E-state index contributed by atoms with van der Waals surface area (Å²) >= 11 is 0. The lowest BCUT2D eigenvalue weighted by Gasteiger charge is -2.36. The maximum atomic E-state index is 14.6. The Morgan fingerprint density at radius 1 is 0.981 bits per heavy atom. The van der Waals surface area contributed by atoms with Crippen LogP contribution in [-0.2, 0) is 15.8 Å². The highest BCUT2D eigenvalue weighted by Gasteiger charge is 2.39. The van der Waals surface area contributed by atoms with Crippen molar-refractivity contribution in [3.63, 3.8) is 0 Å². The minimum Gasteiger partial charge on any atom is -0.495 e. The molecular formula is C38H38F2N8O5S. The summed E-state index contributed by atoms with van der Waals surface area (Å²) < 4.78 is 68.3. The lowest BCUT2D eigenvalue weighted by atomic mass is 10.0. The lowest BCUT2D eigenvalue weighted by molar-refractivity contribution is 0.102. The molecule has 2 aliphatic heterocycles. The minimum absolute atomic E-state index is 0.0386. The molecule has 7 rings (SSSR count). The highest BCUT2D eigenvalue weighted by Crippen LogP contribution is 2.40. The van der Waals surface area contributed by atoms with Gasteiger partial charge in [-0.1, -0.05) is 12.1 Å². The molecule has 0 bridgehead atoms.